The number of hydrogen-bond acceptors (Lipinski definition) is 5. The Morgan fingerprint density at radius 2 is 1.91 bits per heavy atom. The number of hydrogen-bond donors (Lipinski definition) is 0. The topological polar surface area (TPSA) is 90.0 Å². The summed E-state index contributed by atoms with van der Waals surface area (Å²) in [6, 6.07) is 17.1. The molecule has 0 radical (unpaired) electrons. The van der Waals surface area contributed by atoms with E-state index in [2.05, 4.69) is 27.0 Å². The molecule has 0 unspecified atom stereocenters. The first-order valence-corrected chi connectivity index (χ1v) is 12.0. The number of pyridine rings is 1. The van der Waals surface area contributed by atoms with Crippen LogP contribution >= 0.6 is 27.5 Å². The number of aromatic nitrogens is 1. The Morgan fingerprint density at radius 1 is 1.17 bits per heavy atom. The Hall–Kier alpha value is -3.30. The van der Waals surface area contributed by atoms with Gasteiger partial charge in [0, 0.05) is 21.3 Å². The molecular weight excluding hydrogens is 535 g/mol. The second-order valence-corrected chi connectivity index (χ2v) is 10.0. The van der Waals surface area contributed by atoms with Crippen molar-refractivity contribution in [3.63, 3.8) is 0 Å². The quantitative estimate of drug-likeness (QED) is 0.393. The van der Waals surface area contributed by atoms with E-state index < -0.39 is 22.9 Å². The molecule has 2 aliphatic rings. The van der Waals surface area contributed by atoms with Crippen molar-refractivity contribution >= 4 is 33.4 Å². The number of rotatable bonds is 6. The van der Waals surface area contributed by atoms with E-state index in [4.69, 9.17) is 21.6 Å². The highest BCUT2D eigenvalue weighted by Gasteiger charge is 2.56. The predicted molar refractivity (Wildman–Crippen MR) is 128 cm³/mol. The molecule has 174 valence electrons. The van der Waals surface area contributed by atoms with Crippen LogP contribution < -0.4 is 0 Å². The molecule has 1 saturated carbocycles. The number of carbonyl (C=O) groups is 1. The monoisotopic (exact) mass is 550 g/mol. The zero-order valence-corrected chi connectivity index (χ0v) is 20.6. The number of nitrogens with zero attached hydrogens (tertiary/aromatic N) is 4. The van der Waals surface area contributed by atoms with E-state index in [0.29, 0.717) is 39.2 Å². The van der Waals surface area contributed by atoms with Gasteiger partial charge in [-0.05, 0) is 49.2 Å². The SMILES string of the molecule is N#Cc1ccc(CN2C(=O)c3cc(Br)cc(F)c3[C@]2(OCC2(C#N)CC2)c2ccc(Cl)cc2)nc1. The van der Waals surface area contributed by atoms with Gasteiger partial charge in [0.2, 0.25) is 0 Å². The summed E-state index contributed by atoms with van der Waals surface area (Å²) >= 11 is 9.43. The van der Waals surface area contributed by atoms with Gasteiger partial charge in [-0.2, -0.15) is 10.5 Å². The van der Waals surface area contributed by atoms with Crippen LogP contribution in [-0.2, 0) is 17.0 Å². The van der Waals surface area contributed by atoms with E-state index in [-0.39, 0.29) is 24.3 Å². The highest BCUT2D eigenvalue weighted by molar-refractivity contribution is 9.10. The lowest BCUT2D eigenvalue weighted by atomic mass is 9.92. The molecule has 0 bridgehead atoms. The smallest absolute Gasteiger partial charge is 0.257 e. The number of halogens is 3. The zero-order valence-electron chi connectivity index (χ0n) is 18.3. The van der Waals surface area contributed by atoms with Crippen molar-refractivity contribution in [2.24, 2.45) is 5.41 Å². The largest absolute Gasteiger partial charge is 0.345 e. The Labute approximate surface area is 214 Å². The fourth-order valence-corrected chi connectivity index (χ4v) is 4.89. The average Bonchev–Trinajstić information content (AvgIpc) is 3.60. The van der Waals surface area contributed by atoms with Crippen LogP contribution in [0, 0.1) is 33.9 Å². The Balaban J connectivity index is 1.71. The summed E-state index contributed by atoms with van der Waals surface area (Å²) < 4.78 is 22.6. The van der Waals surface area contributed by atoms with Gasteiger partial charge >= 0.3 is 0 Å². The van der Waals surface area contributed by atoms with E-state index in [0.717, 1.165) is 0 Å². The van der Waals surface area contributed by atoms with Crippen molar-refractivity contribution in [1.29, 1.82) is 10.5 Å². The number of ether oxygens (including phenoxy) is 1. The second-order valence-electron chi connectivity index (χ2n) is 8.68. The van der Waals surface area contributed by atoms with Gasteiger partial charge in [-0.1, -0.05) is 39.7 Å². The van der Waals surface area contributed by atoms with Crippen LogP contribution in [-0.4, -0.2) is 22.4 Å². The van der Waals surface area contributed by atoms with Crippen molar-refractivity contribution in [2.75, 3.05) is 6.61 Å². The van der Waals surface area contributed by atoms with E-state index in [1.807, 2.05) is 6.07 Å². The molecular formula is C26H17BrClFN4O2. The molecule has 6 nitrogen and oxygen atoms in total. The molecule has 5 rings (SSSR count). The van der Waals surface area contributed by atoms with Crippen molar-refractivity contribution in [3.05, 3.63) is 98.0 Å². The normalized spacial score (nSPS) is 19.7. The molecule has 0 N–H and O–H groups in total. The van der Waals surface area contributed by atoms with Gasteiger partial charge in [0.15, 0.2) is 5.72 Å². The Morgan fingerprint density at radius 3 is 2.51 bits per heavy atom. The zero-order chi connectivity index (χ0) is 24.8. The summed E-state index contributed by atoms with van der Waals surface area (Å²) in [5.74, 6) is -1.06. The first-order chi connectivity index (χ1) is 16.8. The van der Waals surface area contributed by atoms with Gasteiger partial charge in [0.25, 0.3) is 5.91 Å². The van der Waals surface area contributed by atoms with Gasteiger partial charge in [0.1, 0.15) is 11.9 Å². The Kier molecular flexibility index (Phi) is 5.85. The lowest BCUT2D eigenvalue weighted by Crippen LogP contribution is -2.47. The van der Waals surface area contributed by atoms with Crippen LogP contribution in [0.1, 0.15) is 45.6 Å². The van der Waals surface area contributed by atoms with Gasteiger partial charge in [-0.15, -0.1) is 0 Å². The van der Waals surface area contributed by atoms with E-state index in [1.165, 1.54) is 17.2 Å². The third-order valence-corrected chi connectivity index (χ3v) is 7.12. The molecule has 1 aliphatic heterocycles. The maximum atomic E-state index is 15.7. The number of benzene rings is 2. The van der Waals surface area contributed by atoms with Crippen LogP contribution in [0.2, 0.25) is 5.02 Å². The molecule has 1 amide bonds. The lowest BCUT2D eigenvalue weighted by molar-refractivity contribution is -0.122. The van der Waals surface area contributed by atoms with Crippen molar-refractivity contribution in [1.82, 2.24) is 9.88 Å². The van der Waals surface area contributed by atoms with Gasteiger partial charge in [-0.25, -0.2) is 4.39 Å². The fraction of sp³-hybridized carbons (Fsp3) is 0.231. The van der Waals surface area contributed by atoms with Gasteiger partial charge in [-0.3, -0.25) is 14.7 Å². The number of nitriles is 2. The second kappa shape index (κ2) is 8.73. The number of fused-ring (bicyclic) bond motifs is 1. The summed E-state index contributed by atoms with van der Waals surface area (Å²) in [5.41, 5.74) is -0.716. The molecule has 1 atom stereocenters. The molecule has 2 aromatic carbocycles. The van der Waals surface area contributed by atoms with Crippen LogP contribution in [0.15, 0.2) is 59.2 Å². The molecule has 1 aromatic heterocycles. The molecule has 0 spiro atoms. The predicted octanol–water partition coefficient (Wildman–Crippen LogP) is 5.69. The van der Waals surface area contributed by atoms with E-state index in [1.54, 1.807) is 42.5 Å². The van der Waals surface area contributed by atoms with Crippen LogP contribution in [0.5, 0.6) is 0 Å². The summed E-state index contributed by atoms with van der Waals surface area (Å²) in [6.07, 6.45) is 2.75. The summed E-state index contributed by atoms with van der Waals surface area (Å²) in [6.45, 7) is 0.00408. The average molecular weight is 552 g/mol. The lowest BCUT2D eigenvalue weighted by Gasteiger charge is -2.40. The van der Waals surface area contributed by atoms with E-state index in [9.17, 15) is 10.1 Å². The Bertz CT molecular complexity index is 1410. The first kappa shape index (κ1) is 23.4. The third-order valence-electron chi connectivity index (χ3n) is 6.41. The molecule has 9 heteroatoms. The molecule has 1 fully saturated rings. The fourth-order valence-electron chi connectivity index (χ4n) is 4.33. The summed E-state index contributed by atoms with van der Waals surface area (Å²) in [7, 11) is 0. The minimum absolute atomic E-state index is 0.0154. The van der Waals surface area contributed by atoms with E-state index >= 15 is 4.39 Å². The highest BCUT2D eigenvalue weighted by Crippen LogP contribution is 2.52. The summed E-state index contributed by atoms with van der Waals surface area (Å²) in [5, 5.41) is 19.2. The first-order valence-electron chi connectivity index (χ1n) is 10.8. The van der Waals surface area contributed by atoms with Crippen molar-refractivity contribution in [3.8, 4) is 12.1 Å². The third kappa shape index (κ3) is 3.98. The van der Waals surface area contributed by atoms with Gasteiger partial charge in [0.05, 0.1) is 47.0 Å². The maximum Gasteiger partial charge on any atom is 0.257 e. The molecule has 0 saturated heterocycles. The molecule has 1 aliphatic carbocycles. The van der Waals surface area contributed by atoms with Gasteiger partial charge < -0.3 is 4.74 Å². The van der Waals surface area contributed by atoms with Crippen LogP contribution in [0.4, 0.5) is 4.39 Å². The maximum absolute atomic E-state index is 15.7. The summed E-state index contributed by atoms with van der Waals surface area (Å²) in [4.78, 5) is 19.5. The van der Waals surface area contributed by atoms with Crippen LogP contribution in [0.25, 0.3) is 0 Å². The minimum atomic E-state index is -1.65. The number of carbonyl (C=O) groups excluding carboxylic acids is 1. The van der Waals surface area contributed by atoms with Crippen molar-refractivity contribution < 1.29 is 13.9 Å². The van der Waals surface area contributed by atoms with Crippen molar-refractivity contribution in [2.45, 2.75) is 25.1 Å². The highest BCUT2D eigenvalue weighted by atomic mass is 79.9. The molecule has 2 heterocycles. The minimum Gasteiger partial charge on any atom is -0.345 e. The molecule has 3 aromatic rings. The van der Waals surface area contributed by atoms with Crippen LogP contribution in [0.3, 0.4) is 0 Å². The standard InChI is InChI=1S/C26H17BrClFN4O2/c27-18-9-21-23(22(29)10-18)26(17-2-4-19(28)5-3-17,35-15-25(14-31)7-8-25)33(24(21)34)13-20-6-1-16(11-30)12-32-20/h1-6,9-10,12H,7-8,13,15H2/t26-/m1/s1. The number of amides is 1. The molecule has 35 heavy (non-hydrogen) atoms.